The Labute approximate surface area is 148 Å². The first-order valence-electron chi connectivity index (χ1n) is 8.60. The number of benzene rings is 2. The van der Waals surface area contributed by atoms with Gasteiger partial charge in [0, 0.05) is 23.8 Å². The summed E-state index contributed by atoms with van der Waals surface area (Å²) in [6, 6.07) is 17.1. The molecule has 1 atom stereocenters. The first-order chi connectivity index (χ1) is 12.1. The molecule has 0 fully saturated rings. The zero-order valence-electron chi connectivity index (χ0n) is 14.7. The SMILES string of the molecule is CCNC(=O)c1ccc(NC(=O)CNC(CC)c2ccccc2)cc1. The molecule has 5 heteroatoms. The van der Waals surface area contributed by atoms with Gasteiger partial charge in [0.2, 0.25) is 5.91 Å². The van der Waals surface area contributed by atoms with Crippen LogP contribution in [0, 0.1) is 0 Å². The minimum Gasteiger partial charge on any atom is -0.352 e. The number of carbonyl (C=O) groups is 2. The molecule has 0 radical (unpaired) electrons. The van der Waals surface area contributed by atoms with Crippen molar-refractivity contribution in [1.82, 2.24) is 10.6 Å². The third-order valence-corrected chi connectivity index (χ3v) is 3.89. The molecule has 0 aliphatic heterocycles. The largest absolute Gasteiger partial charge is 0.352 e. The van der Waals surface area contributed by atoms with Crippen molar-refractivity contribution in [2.75, 3.05) is 18.4 Å². The Morgan fingerprint density at radius 1 is 0.960 bits per heavy atom. The number of carbonyl (C=O) groups excluding carboxylic acids is 2. The van der Waals surface area contributed by atoms with E-state index in [4.69, 9.17) is 0 Å². The van der Waals surface area contributed by atoms with Gasteiger partial charge in [0.05, 0.1) is 6.54 Å². The molecule has 1 unspecified atom stereocenters. The number of hydrogen-bond acceptors (Lipinski definition) is 3. The molecule has 0 bridgehead atoms. The molecule has 2 amide bonds. The minimum absolute atomic E-state index is 0.111. The maximum absolute atomic E-state index is 12.1. The monoisotopic (exact) mass is 339 g/mol. The van der Waals surface area contributed by atoms with Crippen molar-refractivity contribution in [2.45, 2.75) is 26.3 Å². The van der Waals surface area contributed by atoms with Crippen LogP contribution >= 0.6 is 0 Å². The van der Waals surface area contributed by atoms with Crippen molar-refractivity contribution in [3.63, 3.8) is 0 Å². The fourth-order valence-electron chi connectivity index (χ4n) is 2.57. The second kappa shape index (κ2) is 9.59. The Morgan fingerprint density at radius 3 is 2.24 bits per heavy atom. The van der Waals surface area contributed by atoms with Crippen molar-refractivity contribution in [2.24, 2.45) is 0 Å². The van der Waals surface area contributed by atoms with E-state index in [0.717, 1.165) is 6.42 Å². The normalized spacial score (nSPS) is 11.6. The lowest BCUT2D eigenvalue weighted by atomic mass is 10.0. The van der Waals surface area contributed by atoms with Gasteiger partial charge in [0.1, 0.15) is 0 Å². The van der Waals surface area contributed by atoms with E-state index in [1.54, 1.807) is 24.3 Å². The summed E-state index contributed by atoms with van der Waals surface area (Å²) in [5, 5.41) is 8.85. The Bertz CT molecular complexity index is 684. The summed E-state index contributed by atoms with van der Waals surface area (Å²) in [6.07, 6.45) is 0.901. The molecule has 0 aliphatic carbocycles. The minimum atomic E-state index is -0.115. The fraction of sp³-hybridized carbons (Fsp3) is 0.300. The first kappa shape index (κ1) is 18.7. The predicted octanol–water partition coefficient (Wildman–Crippen LogP) is 3.12. The summed E-state index contributed by atoms with van der Waals surface area (Å²) in [5.74, 6) is -0.226. The highest BCUT2D eigenvalue weighted by molar-refractivity contribution is 5.96. The van der Waals surface area contributed by atoms with Crippen molar-refractivity contribution in [1.29, 1.82) is 0 Å². The van der Waals surface area contributed by atoms with Crippen LogP contribution in [0.2, 0.25) is 0 Å². The lowest BCUT2D eigenvalue weighted by Gasteiger charge is -2.17. The van der Waals surface area contributed by atoms with Crippen molar-refractivity contribution >= 4 is 17.5 Å². The topological polar surface area (TPSA) is 70.2 Å². The van der Waals surface area contributed by atoms with Gasteiger partial charge in [0.15, 0.2) is 0 Å². The average Bonchev–Trinajstić information content (AvgIpc) is 2.64. The van der Waals surface area contributed by atoms with Gasteiger partial charge in [-0.25, -0.2) is 0 Å². The van der Waals surface area contributed by atoms with E-state index < -0.39 is 0 Å². The smallest absolute Gasteiger partial charge is 0.251 e. The molecule has 132 valence electrons. The highest BCUT2D eigenvalue weighted by Crippen LogP contribution is 2.15. The van der Waals surface area contributed by atoms with Crippen molar-refractivity contribution < 1.29 is 9.59 Å². The lowest BCUT2D eigenvalue weighted by molar-refractivity contribution is -0.115. The molecule has 2 rings (SSSR count). The van der Waals surface area contributed by atoms with Gasteiger partial charge in [-0.05, 0) is 43.2 Å². The van der Waals surface area contributed by atoms with Crippen LogP contribution in [0.25, 0.3) is 0 Å². The second-order valence-corrected chi connectivity index (χ2v) is 5.74. The van der Waals surface area contributed by atoms with Crippen LogP contribution in [-0.4, -0.2) is 24.9 Å². The van der Waals surface area contributed by atoms with E-state index in [-0.39, 0.29) is 24.4 Å². The molecule has 0 aliphatic rings. The van der Waals surface area contributed by atoms with Crippen LogP contribution < -0.4 is 16.0 Å². The Kier molecular flexibility index (Phi) is 7.16. The van der Waals surface area contributed by atoms with Crippen LogP contribution in [0.4, 0.5) is 5.69 Å². The maximum atomic E-state index is 12.1. The summed E-state index contributed by atoms with van der Waals surface area (Å²) in [4.78, 5) is 23.8. The van der Waals surface area contributed by atoms with E-state index in [0.29, 0.717) is 17.8 Å². The van der Waals surface area contributed by atoms with E-state index in [1.165, 1.54) is 5.56 Å². The molecule has 0 spiro atoms. The molecule has 0 heterocycles. The Balaban J connectivity index is 1.86. The molecule has 0 saturated carbocycles. The molecule has 2 aromatic carbocycles. The van der Waals surface area contributed by atoms with Crippen LogP contribution in [0.5, 0.6) is 0 Å². The zero-order chi connectivity index (χ0) is 18.1. The van der Waals surface area contributed by atoms with E-state index in [2.05, 4.69) is 35.0 Å². The average molecular weight is 339 g/mol. The standard InChI is InChI=1S/C20H25N3O2/c1-3-18(15-8-6-5-7-9-15)22-14-19(24)23-17-12-10-16(11-13-17)20(25)21-4-2/h5-13,18,22H,3-4,14H2,1-2H3,(H,21,25)(H,23,24). The Morgan fingerprint density at radius 2 is 1.64 bits per heavy atom. The first-order valence-corrected chi connectivity index (χ1v) is 8.60. The quantitative estimate of drug-likeness (QED) is 0.692. The number of anilines is 1. The molecule has 3 N–H and O–H groups in total. The molecular formula is C20H25N3O2. The summed E-state index contributed by atoms with van der Waals surface area (Å²) < 4.78 is 0. The highest BCUT2D eigenvalue weighted by atomic mass is 16.2. The molecular weight excluding hydrogens is 314 g/mol. The van der Waals surface area contributed by atoms with Crippen LogP contribution in [-0.2, 0) is 4.79 Å². The number of hydrogen-bond donors (Lipinski definition) is 3. The molecule has 25 heavy (non-hydrogen) atoms. The number of nitrogens with one attached hydrogen (secondary N) is 3. The van der Waals surface area contributed by atoms with Crippen LogP contribution in [0.3, 0.4) is 0 Å². The van der Waals surface area contributed by atoms with E-state index >= 15 is 0 Å². The highest BCUT2D eigenvalue weighted by Gasteiger charge is 2.11. The predicted molar refractivity (Wildman–Crippen MR) is 101 cm³/mol. The molecule has 2 aromatic rings. The Hall–Kier alpha value is -2.66. The van der Waals surface area contributed by atoms with Gasteiger partial charge in [-0.2, -0.15) is 0 Å². The van der Waals surface area contributed by atoms with E-state index in [9.17, 15) is 9.59 Å². The third kappa shape index (κ3) is 5.72. The van der Waals surface area contributed by atoms with Gasteiger partial charge in [-0.15, -0.1) is 0 Å². The van der Waals surface area contributed by atoms with Gasteiger partial charge >= 0.3 is 0 Å². The van der Waals surface area contributed by atoms with Gasteiger partial charge in [-0.1, -0.05) is 37.3 Å². The van der Waals surface area contributed by atoms with Crippen LogP contribution in [0.1, 0.15) is 42.2 Å². The maximum Gasteiger partial charge on any atom is 0.251 e. The van der Waals surface area contributed by atoms with Crippen molar-refractivity contribution in [3.05, 3.63) is 65.7 Å². The summed E-state index contributed by atoms with van der Waals surface area (Å²) in [6.45, 7) is 4.77. The summed E-state index contributed by atoms with van der Waals surface area (Å²) >= 11 is 0. The van der Waals surface area contributed by atoms with Gasteiger partial charge < -0.3 is 16.0 Å². The van der Waals surface area contributed by atoms with Gasteiger partial charge in [0.25, 0.3) is 5.91 Å². The van der Waals surface area contributed by atoms with Crippen molar-refractivity contribution in [3.8, 4) is 0 Å². The zero-order valence-corrected chi connectivity index (χ0v) is 14.7. The van der Waals surface area contributed by atoms with Gasteiger partial charge in [-0.3, -0.25) is 9.59 Å². The molecule has 0 aromatic heterocycles. The van der Waals surface area contributed by atoms with E-state index in [1.807, 2.05) is 25.1 Å². The number of rotatable bonds is 8. The summed E-state index contributed by atoms with van der Waals surface area (Å²) in [5.41, 5.74) is 2.42. The second-order valence-electron chi connectivity index (χ2n) is 5.74. The summed E-state index contributed by atoms with van der Waals surface area (Å²) in [7, 11) is 0. The third-order valence-electron chi connectivity index (χ3n) is 3.89. The fourth-order valence-corrected chi connectivity index (χ4v) is 2.57. The number of amides is 2. The molecule has 0 saturated heterocycles. The van der Waals surface area contributed by atoms with Crippen LogP contribution in [0.15, 0.2) is 54.6 Å². The molecule has 5 nitrogen and oxygen atoms in total. The lowest BCUT2D eigenvalue weighted by Crippen LogP contribution is -2.31.